The summed E-state index contributed by atoms with van der Waals surface area (Å²) in [5, 5.41) is 7.61. The molecular formula is C25H28N4O3. The van der Waals surface area contributed by atoms with Crippen LogP contribution >= 0.6 is 0 Å². The highest BCUT2D eigenvalue weighted by Crippen LogP contribution is 2.43. The normalized spacial score (nSPS) is 16.7. The summed E-state index contributed by atoms with van der Waals surface area (Å²) in [5.74, 6) is 2.19. The van der Waals surface area contributed by atoms with Gasteiger partial charge in [0.15, 0.2) is 17.3 Å². The Morgan fingerprint density at radius 1 is 1.06 bits per heavy atom. The lowest BCUT2D eigenvalue weighted by Gasteiger charge is -2.31. The summed E-state index contributed by atoms with van der Waals surface area (Å²) in [6.45, 7) is 5.68. The fourth-order valence-corrected chi connectivity index (χ4v) is 4.85. The van der Waals surface area contributed by atoms with Crippen molar-refractivity contribution in [1.29, 1.82) is 0 Å². The van der Waals surface area contributed by atoms with Crippen LogP contribution in [0.15, 0.2) is 42.6 Å². The quantitative estimate of drug-likeness (QED) is 0.662. The third kappa shape index (κ3) is 3.83. The third-order valence-electron chi connectivity index (χ3n) is 6.54. The zero-order valence-electron chi connectivity index (χ0n) is 18.6. The van der Waals surface area contributed by atoms with Crippen molar-refractivity contribution in [2.75, 3.05) is 19.8 Å². The number of benzene rings is 1. The highest BCUT2D eigenvalue weighted by molar-refractivity contribution is 5.94. The lowest BCUT2D eigenvalue weighted by Crippen LogP contribution is -2.39. The molecule has 0 saturated heterocycles. The van der Waals surface area contributed by atoms with Crippen LogP contribution < -0.4 is 14.8 Å². The molecule has 1 saturated carbocycles. The number of aromatic nitrogens is 3. The van der Waals surface area contributed by atoms with E-state index >= 15 is 0 Å². The van der Waals surface area contributed by atoms with Crippen molar-refractivity contribution in [1.82, 2.24) is 20.1 Å². The number of carbonyl (C=O) groups excluding carboxylic acids is 1. The third-order valence-corrected chi connectivity index (χ3v) is 6.54. The number of amides is 1. The van der Waals surface area contributed by atoms with Gasteiger partial charge in [0.25, 0.3) is 5.91 Å². The molecule has 1 amide bonds. The van der Waals surface area contributed by atoms with Crippen LogP contribution in [0.1, 0.15) is 53.0 Å². The summed E-state index contributed by atoms with van der Waals surface area (Å²) < 4.78 is 13.2. The van der Waals surface area contributed by atoms with E-state index < -0.39 is 0 Å². The topological polar surface area (TPSA) is 78.3 Å². The summed E-state index contributed by atoms with van der Waals surface area (Å²) in [7, 11) is 0. The van der Waals surface area contributed by atoms with E-state index in [0.29, 0.717) is 31.1 Å². The first-order valence-corrected chi connectivity index (χ1v) is 11.2. The van der Waals surface area contributed by atoms with E-state index in [1.807, 2.05) is 32.0 Å². The van der Waals surface area contributed by atoms with E-state index in [1.54, 1.807) is 16.9 Å². The van der Waals surface area contributed by atoms with Gasteiger partial charge in [-0.2, -0.15) is 5.10 Å². The molecule has 2 aliphatic rings. The van der Waals surface area contributed by atoms with Gasteiger partial charge >= 0.3 is 0 Å². The van der Waals surface area contributed by atoms with E-state index in [4.69, 9.17) is 9.47 Å². The molecule has 166 valence electrons. The first-order valence-electron chi connectivity index (χ1n) is 11.2. The first kappa shape index (κ1) is 20.5. The maximum Gasteiger partial charge on any atom is 0.252 e. The maximum atomic E-state index is 12.9. The van der Waals surface area contributed by atoms with Gasteiger partial charge in [0.1, 0.15) is 13.2 Å². The minimum Gasteiger partial charge on any atom is -0.486 e. The van der Waals surface area contributed by atoms with Crippen LogP contribution in [0.5, 0.6) is 11.5 Å². The number of pyridine rings is 1. The molecule has 0 unspecified atom stereocenters. The molecule has 7 nitrogen and oxygen atoms in total. The second-order valence-corrected chi connectivity index (χ2v) is 8.77. The van der Waals surface area contributed by atoms with Gasteiger partial charge in [0, 0.05) is 23.9 Å². The Hall–Kier alpha value is -3.35. The van der Waals surface area contributed by atoms with Crippen molar-refractivity contribution in [3.63, 3.8) is 0 Å². The molecule has 0 atom stereocenters. The molecule has 3 aromatic rings. The Bertz CT molecular complexity index is 1130. The van der Waals surface area contributed by atoms with Crippen LogP contribution in [-0.4, -0.2) is 40.4 Å². The van der Waals surface area contributed by atoms with Crippen LogP contribution in [0.4, 0.5) is 0 Å². The Morgan fingerprint density at radius 2 is 1.84 bits per heavy atom. The number of rotatable bonds is 5. The number of ether oxygens (including phenoxy) is 2. The zero-order valence-corrected chi connectivity index (χ0v) is 18.6. The lowest BCUT2D eigenvalue weighted by atomic mass is 9.78. The molecule has 0 bridgehead atoms. The Morgan fingerprint density at radius 3 is 2.53 bits per heavy atom. The molecule has 2 aromatic heterocycles. The minimum atomic E-state index is -0.110. The highest BCUT2D eigenvalue weighted by atomic mass is 16.6. The van der Waals surface area contributed by atoms with Crippen molar-refractivity contribution in [3.05, 3.63) is 65.1 Å². The Labute approximate surface area is 187 Å². The predicted octanol–water partition coefficient (Wildman–Crippen LogP) is 3.90. The van der Waals surface area contributed by atoms with Crippen molar-refractivity contribution in [3.8, 4) is 17.3 Å². The second kappa shape index (κ2) is 8.30. The van der Waals surface area contributed by atoms with Gasteiger partial charge in [-0.25, -0.2) is 9.67 Å². The molecular weight excluding hydrogens is 404 g/mol. The number of carbonyl (C=O) groups is 1. The largest absolute Gasteiger partial charge is 0.486 e. The average Bonchev–Trinajstić information content (AvgIpc) is 3.44. The summed E-state index contributed by atoms with van der Waals surface area (Å²) in [6.07, 6.45) is 6.02. The van der Waals surface area contributed by atoms with Gasteiger partial charge < -0.3 is 14.8 Å². The van der Waals surface area contributed by atoms with Gasteiger partial charge in [-0.05, 0) is 62.6 Å². The number of hydrogen-bond donors (Lipinski definition) is 1. The summed E-state index contributed by atoms with van der Waals surface area (Å²) >= 11 is 0. The van der Waals surface area contributed by atoms with Crippen LogP contribution in [0, 0.1) is 13.8 Å². The van der Waals surface area contributed by atoms with Crippen LogP contribution in [0.25, 0.3) is 5.82 Å². The van der Waals surface area contributed by atoms with Crippen molar-refractivity contribution in [2.45, 2.75) is 44.9 Å². The van der Waals surface area contributed by atoms with E-state index in [1.165, 1.54) is 5.56 Å². The van der Waals surface area contributed by atoms with Crippen LogP contribution in [0.2, 0.25) is 0 Å². The molecule has 0 spiro atoms. The van der Waals surface area contributed by atoms with Crippen molar-refractivity contribution in [2.24, 2.45) is 0 Å². The molecule has 0 radical (unpaired) electrons. The van der Waals surface area contributed by atoms with Crippen molar-refractivity contribution < 1.29 is 14.3 Å². The second-order valence-electron chi connectivity index (χ2n) is 8.77. The van der Waals surface area contributed by atoms with E-state index in [-0.39, 0.29) is 11.3 Å². The number of aryl methyl sites for hydroxylation is 2. The summed E-state index contributed by atoms with van der Waals surface area (Å²) in [4.78, 5) is 17.4. The highest BCUT2D eigenvalue weighted by Gasteiger charge is 2.37. The number of nitrogens with one attached hydrogen (secondary N) is 1. The average molecular weight is 433 g/mol. The minimum absolute atomic E-state index is 0.0808. The Kier molecular flexibility index (Phi) is 5.33. The number of nitrogens with zero attached hydrogens (tertiary/aromatic N) is 3. The molecule has 7 heteroatoms. The van der Waals surface area contributed by atoms with Gasteiger partial charge in [-0.3, -0.25) is 4.79 Å². The number of hydrogen-bond acceptors (Lipinski definition) is 5. The monoisotopic (exact) mass is 432 g/mol. The fraction of sp³-hybridized carbons (Fsp3) is 0.400. The van der Waals surface area contributed by atoms with Gasteiger partial charge in [-0.15, -0.1) is 0 Å². The zero-order chi connectivity index (χ0) is 22.1. The van der Waals surface area contributed by atoms with Crippen LogP contribution in [-0.2, 0) is 5.41 Å². The standard InChI is InChI=1S/C25H28N4O3/c1-17-13-18(2)29(28-17)23-8-5-19(15-26-23)24(30)27-16-25(9-3-4-10-25)20-6-7-21-22(14-20)32-12-11-31-21/h5-8,13-15H,3-4,9-12,16H2,1-2H3,(H,27,30). The molecule has 1 aliphatic carbocycles. The molecule has 1 fully saturated rings. The molecule has 3 heterocycles. The summed E-state index contributed by atoms with van der Waals surface area (Å²) in [5.41, 5.74) is 3.62. The van der Waals surface area contributed by atoms with Crippen molar-refractivity contribution >= 4 is 5.91 Å². The fourth-order valence-electron chi connectivity index (χ4n) is 4.85. The van der Waals surface area contributed by atoms with Gasteiger partial charge in [0.2, 0.25) is 0 Å². The molecule has 1 aliphatic heterocycles. The van der Waals surface area contributed by atoms with E-state index in [0.717, 1.165) is 48.6 Å². The smallest absolute Gasteiger partial charge is 0.252 e. The molecule has 1 aromatic carbocycles. The maximum absolute atomic E-state index is 12.9. The molecule has 1 N–H and O–H groups in total. The molecule has 32 heavy (non-hydrogen) atoms. The van der Waals surface area contributed by atoms with E-state index in [9.17, 15) is 4.79 Å². The predicted molar refractivity (Wildman–Crippen MR) is 121 cm³/mol. The van der Waals surface area contributed by atoms with Gasteiger partial charge in [0.05, 0.1) is 11.3 Å². The lowest BCUT2D eigenvalue weighted by molar-refractivity contribution is 0.0942. The van der Waals surface area contributed by atoms with E-state index in [2.05, 4.69) is 27.5 Å². The SMILES string of the molecule is Cc1cc(C)n(-c2ccc(C(=O)NCC3(c4ccc5c(c4)OCCO5)CCCC3)cn2)n1. The first-order chi connectivity index (χ1) is 15.5. The molecule has 5 rings (SSSR count). The summed E-state index contributed by atoms with van der Waals surface area (Å²) in [6, 6.07) is 11.8. The number of fused-ring (bicyclic) bond motifs is 1. The Balaban J connectivity index is 1.31. The van der Waals surface area contributed by atoms with Gasteiger partial charge in [-0.1, -0.05) is 18.9 Å². The van der Waals surface area contributed by atoms with Crippen LogP contribution in [0.3, 0.4) is 0 Å².